The standard InChI is InChI=1S/C12H16N2O2/c1-8-4-10(12(13)14-6-8)11(15)5-9-2-3-16-7-9/h4,6,9H,2-3,5,7H2,1H3,(H2,13,14). The fourth-order valence-electron chi connectivity index (χ4n) is 1.92. The van der Waals surface area contributed by atoms with Crippen molar-refractivity contribution < 1.29 is 9.53 Å². The van der Waals surface area contributed by atoms with E-state index in [1.807, 2.05) is 6.92 Å². The number of ketones is 1. The summed E-state index contributed by atoms with van der Waals surface area (Å²) in [6, 6.07) is 1.81. The molecule has 4 heteroatoms. The highest BCUT2D eigenvalue weighted by Crippen LogP contribution is 2.21. The predicted octanol–water partition coefficient (Wildman–Crippen LogP) is 1.58. The number of carbonyl (C=O) groups is 1. The molecule has 0 radical (unpaired) electrons. The van der Waals surface area contributed by atoms with Gasteiger partial charge in [0, 0.05) is 25.8 Å². The van der Waals surface area contributed by atoms with Crippen molar-refractivity contribution in [3.63, 3.8) is 0 Å². The number of nitrogen functional groups attached to an aromatic ring is 1. The summed E-state index contributed by atoms with van der Waals surface area (Å²) in [6.45, 7) is 3.35. The molecule has 4 nitrogen and oxygen atoms in total. The molecule has 1 atom stereocenters. The third kappa shape index (κ3) is 2.39. The number of nitrogens with two attached hydrogens (primary N) is 1. The first-order valence-corrected chi connectivity index (χ1v) is 5.50. The van der Waals surface area contributed by atoms with Gasteiger partial charge < -0.3 is 10.5 Å². The van der Waals surface area contributed by atoms with Crippen LogP contribution in [0.2, 0.25) is 0 Å². The number of carbonyl (C=O) groups excluding carboxylic acids is 1. The maximum atomic E-state index is 12.0. The van der Waals surface area contributed by atoms with E-state index >= 15 is 0 Å². The van der Waals surface area contributed by atoms with Gasteiger partial charge in [0.2, 0.25) is 0 Å². The minimum atomic E-state index is 0.0733. The van der Waals surface area contributed by atoms with E-state index in [9.17, 15) is 4.79 Å². The van der Waals surface area contributed by atoms with Crippen LogP contribution in [0.1, 0.15) is 28.8 Å². The zero-order valence-corrected chi connectivity index (χ0v) is 9.40. The Morgan fingerprint density at radius 2 is 2.50 bits per heavy atom. The van der Waals surface area contributed by atoms with Gasteiger partial charge in [-0.2, -0.15) is 0 Å². The zero-order chi connectivity index (χ0) is 11.5. The van der Waals surface area contributed by atoms with Gasteiger partial charge in [-0.05, 0) is 30.9 Å². The number of aromatic nitrogens is 1. The molecule has 0 aromatic carbocycles. The molecule has 86 valence electrons. The van der Waals surface area contributed by atoms with E-state index in [2.05, 4.69) is 4.98 Å². The van der Waals surface area contributed by atoms with Crippen LogP contribution in [0.5, 0.6) is 0 Å². The quantitative estimate of drug-likeness (QED) is 0.785. The van der Waals surface area contributed by atoms with Crippen molar-refractivity contribution in [1.82, 2.24) is 4.98 Å². The Kier molecular flexibility index (Phi) is 3.19. The first-order chi connectivity index (χ1) is 7.66. The van der Waals surface area contributed by atoms with Crippen LogP contribution in [-0.4, -0.2) is 24.0 Å². The van der Waals surface area contributed by atoms with Gasteiger partial charge in [-0.15, -0.1) is 0 Å². The minimum Gasteiger partial charge on any atom is -0.383 e. The molecule has 0 spiro atoms. The molecule has 2 N–H and O–H groups in total. The first kappa shape index (κ1) is 11.1. The van der Waals surface area contributed by atoms with Crippen molar-refractivity contribution in [2.24, 2.45) is 5.92 Å². The number of anilines is 1. The van der Waals surface area contributed by atoms with E-state index in [1.165, 1.54) is 0 Å². The molecular weight excluding hydrogens is 204 g/mol. The molecule has 1 saturated heterocycles. The number of nitrogens with zero attached hydrogens (tertiary/aromatic N) is 1. The highest BCUT2D eigenvalue weighted by atomic mass is 16.5. The lowest BCUT2D eigenvalue weighted by molar-refractivity contribution is 0.0953. The summed E-state index contributed by atoms with van der Waals surface area (Å²) in [4.78, 5) is 16.0. The minimum absolute atomic E-state index is 0.0733. The molecule has 0 aliphatic carbocycles. The monoisotopic (exact) mass is 220 g/mol. The largest absolute Gasteiger partial charge is 0.383 e. The van der Waals surface area contributed by atoms with Crippen LogP contribution in [0.25, 0.3) is 0 Å². The zero-order valence-electron chi connectivity index (χ0n) is 9.40. The van der Waals surface area contributed by atoms with Crippen LogP contribution in [0.15, 0.2) is 12.3 Å². The van der Waals surface area contributed by atoms with E-state index in [-0.39, 0.29) is 5.78 Å². The summed E-state index contributed by atoms with van der Waals surface area (Å²) >= 11 is 0. The van der Waals surface area contributed by atoms with Crippen LogP contribution in [0, 0.1) is 12.8 Å². The molecule has 2 heterocycles. The van der Waals surface area contributed by atoms with Gasteiger partial charge in [0.1, 0.15) is 5.82 Å². The molecule has 0 saturated carbocycles. The van der Waals surface area contributed by atoms with E-state index in [4.69, 9.17) is 10.5 Å². The fourth-order valence-corrected chi connectivity index (χ4v) is 1.92. The highest BCUT2D eigenvalue weighted by Gasteiger charge is 2.21. The number of rotatable bonds is 3. The van der Waals surface area contributed by atoms with E-state index in [0.717, 1.165) is 18.6 Å². The molecule has 0 amide bonds. The Hall–Kier alpha value is -1.42. The number of aryl methyl sites for hydroxylation is 1. The number of hydrogen-bond donors (Lipinski definition) is 1. The molecule has 1 aliphatic heterocycles. The lowest BCUT2D eigenvalue weighted by Gasteiger charge is -2.08. The number of ether oxygens (including phenoxy) is 1. The van der Waals surface area contributed by atoms with Crippen molar-refractivity contribution in [2.45, 2.75) is 19.8 Å². The SMILES string of the molecule is Cc1cnc(N)c(C(=O)CC2CCOC2)c1. The van der Waals surface area contributed by atoms with Crippen molar-refractivity contribution in [1.29, 1.82) is 0 Å². The normalized spacial score (nSPS) is 19.9. The second-order valence-electron chi connectivity index (χ2n) is 4.30. The van der Waals surface area contributed by atoms with Crippen LogP contribution >= 0.6 is 0 Å². The van der Waals surface area contributed by atoms with Gasteiger partial charge in [-0.25, -0.2) is 4.98 Å². The molecule has 0 bridgehead atoms. The van der Waals surface area contributed by atoms with E-state index in [0.29, 0.717) is 30.3 Å². The van der Waals surface area contributed by atoms with Gasteiger partial charge in [0.25, 0.3) is 0 Å². The van der Waals surface area contributed by atoms with Crippen LogP contribution in [-0.2, 0) is 4.74 Å². The van der Waals surface area contributed by atoms with Gasteiger partial charge in [0.15, 0.2) is 5.78 Å². The van der Waals surface area contributed by atoms with Gasteiger partial charge in [0.05, 0.1) is 5.56 Å². The lowest BCUT2D eigenvalue weighted by atomic mass is 9.97. The summed E-state index contributed by atoms with van der Waals surface area (Å²) < 4.78 is 5.25. The topological polar surface area (TPSA) is 65.2 Å². The molecular formula is C12H16N2O2. The number of hydrogen-bond acceptors (Lipinski definition) is 4. The highest BCUT2D eigenvalue weighted by molar-refractivity contribution is 6.00. The lowest BCUT2D eigenvalue weighted by Crippen LogP contribution is -2.11. The third-order valence-electron chi connectivity index (χ3n) is 2.85. The third-order valence-corrected chi connectivity index (χ3v) is 2.85. The average Bonchev–Trinajstić information content (AvgIpc) is 2.74. The molecule has 1 unspecified atom stereocenters. The summed E-state index contributed by atoms with van der Waals surface area (Å²) in [7, 11) is 0. The maximum Gasteiger partial charge on any atom is 0.166 e. The number of pyridine rings is 1. The average molecular weight is 220 g/mol. The Morgan fingerprint density at radius 3 is 3.19 bits per heavy atom. The van der Waals surface area contributed by atoms with Crippen molar-refractivity contribution >= 4 is 11.6 Å². The molecule has 1 fully saturated rings. The molecule has 1 aromatic heterocycles. The van der Waals surface area contributed by atoms with Crippen molar-refractivity contribution in [3.05, 3.63) is 23.4 Å². The summed E-state index contributed by atoms with van der Waals surface area (Å²) in [5, 5.41) is 0. The van der Waals surface area contributed by atoms with E-state index in [1.54, 1.807) is 12.3 Å². The molecule has 16 heavy (non-hydrogen) atoms. The van der Waals surface area contributed by atoms with Crippen molar-refractivity contribution in [2.75, 3.05) is 18.9 Å². The molecule has 1 aromatic rings. The molecule has 1 aliphatic rings. The Bertz CT molecular complexity index is 398. The van der Waals surface area contributed by atoms with E-state index < -0.39 is 0 Å². The van der Waals surface area contributed by atoms with Crippen LogP contribution < -0.4 is 5.73 Å². The van der Waals surface area contributed by atoms with Crippen molar-refractivity contribution in [3.8, 4) is 0 Å². The predicted molar refractivity (Wildman–Crippen MR) is 61.3 cm³/mol. The maximum absolute atomic E-state index is 12.0. The second kappa shape index (κ2) is 4.61. The second-order valence-corrected chi connectivity index (χ2v) is 4.30. The van der Waals surface area contributed by atoms with Gasteiger partial charge in [-0.3, -0.25) is 4.79 Å². The summed E-state index contributed by atoms with van der Waals surface area (Å²) in [5.74, 6) is 0.742. The first-order valence-electron chi connectivity index (χ1n) is 5.50. The summed E-state index contributed by atoms with van der Waals surface area (Å²) in [6.07, 6.45) is 3.14. The van der Waals surface area contributed by atoms with Crippen LogP contribution in [0.4, 0.5) is 5.82 Å². The Morgan fingerprint density at radius 1 is 1.69 bits per heavy atom. The smallest absolute Gasteiger partial charge is 0.166 e. The van der Waals surface area contributed by atoms with Gasteiger partial charge in [-0.1, -0.05) is 0 Å². The van der Waals surface area contributed by atoms with Crippen LogP contribution in [0.3, 0.4) is 0 Å². The Labute approximate surface area is 94.8 Å². The molecule has 2 rings (SSSR count). The number of Topliss-reactive ketones (excluding diaryl/α,β-unsaturated/α-hetero) is 1. The summed E-state index contributed by atoms with van der Waals surface area (Å²) in [5.41, 5.74) is 7.21. The Balaban J connectivity index is 2.10. The fraction of sp³-hybridized carbons (Fsp3) is 0.500. The van der Waals surface area contributed by atoms with Gasteiger partial charge >= 0.3 is 0 Å².